The highest BCUT2D eigenvalue weighted by Crippen LogP contribution is 2.18. The zero-order chi connectivity index (χ0) is 8.91. The summed E-state index contributed by atoms with van der Waals surface area (Å²) in [5.74, 6) is 0. The van der Waals surface area contributed by atoms with Gasteiger partial charge in [-0.1, -0.05) is 0 Å². The van der Waals surface area contributed by atoms with Crippen LogP contribution in [0.3, 0.4) is 0 Å². The van der Waals surface area contributed by atoms with Crippen LogP contribution >= 0.6 is 0 Å². The molecule has 0 N–H and O–H groups in total. The van der Waals surface area contributed by atoms with Gasteiger partial charge in [-0.2, -0.15) is 5.26 Å². The van der Waals surface area contributed by atoms with Crippen LogP contribution < -0.4 is 0 Å². The Hall–Kier alpha value is -0.550. The van der Waals surface area contributed by atoms with E-state index in [-0.39, 0.29) is 11.5 Å². The first-order valence-corrected chi connectivity index (χ1v) is 4.01. The molecule has 0 spiro atoms. The molecular formula is C9H17NO. The van der Waals surface area contributed by atoms with Crippen molar-refractivity contribution in [3.63, 3.8) is 0 Å². The second-order valence-corrected chi connectivity index (χ2v) is 3.67. The lowest BCUT2D eigenvalue weighted by Gasteiger charge is -2.15. The molecule has 64 valence electrons. The van der Waals surface area contributed by atoms with Crippen LogP contribution in [0.15, 0.2) is 0 Å². The molecule has 11 heavy (non-hydrogen) atoms. The van der Waals surface area contributed by atoms with E-state index in [1.807, 2.05) is 27.7 Å². The van der Waals surface area contributed by atoms with Gasteiger partial charge in [0.1, 0.15) is 0 Å². The predicted molar refractivity (Wildman–Crippen MR) is 45.1 cm³/mol. The third kappa shape index (κ3) is 5.87. The average Bonchev–Trinajstić information content (AvgIpc) is 1.87. The summed E-state index contributed by atoms with van der Waals surface area (Å²) in [5, 5.41) is 8.65. The predicted octanol–water partition coefficient (Wildman–Crippen LogP) is 2.35. The first kappa shape index (κ1) is 10.4. The lowest BCUT2D eigenvalue weighted by atomic mass is 9.92. The molecule has 0 bridgehead atoms. The van der Waals surface area contributed by atoms with E-state index in [9.17, 15) is 0 Å². The zero-order valence-corrected chi connectivity index (χ0v) is 7.85. The van der Waals surface area contributed by atoms with E-state index in [0.29, 0.717) is 6.61 Å². The van der Waals surface area contributed by atoms with Gasteiger partial charge in [0.2, 0.25) is 0 Å². The van der Waals surface area contributed by atoms with E-state index in [1.54, 1.807) is 0 Å². The molecule has 0 aromatic heterocycles. The molecule has 2 nitrogen and oxygen atoms in total. The van der Waals surface area contributed by atoms with E-state index in [2.05, 4.69) is 6.07 Å². The Morgan fingerprint density at radius 3 is 2.36 bits per heavy atom. The van der Waals surface area contributed by atoms with Crippen LogP contribution in [0.2, 0.25) is 0 Å². The van der Waals surface area contributed by atoms with E-state index >= 15 is 0 Å². The van der Waals surface area contributed by atoms with Crippen LogP contribution in [0.4, 0.5) is 0 Å². The molecule has 0 saturated heterocycles. The van der Waals surface area contributed by atoms with Gasteiger partial charge in [0.25, 0.3) is 0 Å². The topological polar surface area (TPSA) is 33.0 Å². The van der Waals surface area contributed by atoms with E-state index in [4.69, 9.17) is 10.00 Å². The van der Waals surface area contributed by atoms with Crippen molar-refractivity contribution in [2.24, 2.45) is 5.41 Å². The molecule has 0 radical (unpaired) electrons. The van der Waals surface area contributed by atoms with E-state index in [1.165, 1.54) is 0 Å². The standard InChI is InChI=1S/C9H17NO/c1-8(2)11-6-5-9(3,4)7-10/h8H,5-6H2,1-4H3. The lowest BCUT2D eigenvalue weighted by molar-refractivity contribution is 0.0649. The molecule has 0 rings (SSSR count). The molecule has 0 unspecified atom stereocenters. The van der Waals surface area contributed by atoms with Crippen LogP contribution in [0.5, 0.6) is 0 Å². The Labute approximate surface area is 69.2 Å². The number of hydrogen-bond acceptors (Lipinski definition) is 2. The molecule has 0 aromatic carbocycles. The maximum atomic E-state index is 8.65. The minimum atomic E-state index is -0.241. The van der Waals surface area contributed by atoms with Crippen molar-refractivity contribution < 1.29 is 4.74 Å². The summed E-state index contributed by atoms with van der Waals surface area (Å²) >= 11 is 0. The third-order valence-electron chi connectivity index (χ3n) is 1.48. The van der Waals surface area contributed by atoms with Gasteiger partial charge in [0.15, 0.2) is 0 Å². The van der Waals surface area contributed by atoms with Crippen molar-refractivity contribution in [3.05, 3.63) is 0 Å². The fourth-order valence-electron chi connectivity index (χ4n) is 0.606. The van der Waals surface area contributed by atoms with Crippen molar-refractivity contribution in [1.82, 2.24) is 0 Å². The normalized spacial score (nSPS) is 11.6. The van der Waals surface area contributed by atoms with Crippen LogP contribution in [-0.4, -0.2) is 12.7 Å². The highest BCUT2D eigenvalue weighted by Gasteiger charge is 2.15. The summed E-state index contributed by atoms with van der Waals surface area (Å²) in [7, 11) is 0. The largest absolute Gasteiger partial charge is 0.379 e. The second-order valence-electron chi connectivity index (χ2n) is 3.67. The highest BCUT2D eigenvalue weighted by molar-refractivity contribution is 4.91. The van der Waals surface area contributed by atoms with Gasteiger partial charge in [-0.05, 0) is 34.1 Å². The van der Waals surface area contributed by atoms with Gasteiger partial charge < -0.3 is 4.74 Å². The van der Waals surface area contributed by atoms with E-state index in [0.717, 1.165) is 6.42 Å². The van der Waals surface area contributed by atoms with Gasteiger partial charge in [0.05, 0.1) is 17.6 Å². The van der Waals surface area contributed by atoms with Gasteiger partial charge in [-0.25, -0.2) is 0 Å². The Kier molecular flexibility index (Phi) is 4.14. The molecule has 0 aliphatic rings. The Balaban J connectivity index is 3.48. The Bertz CT molecular complexity index is 144. The van der Waals surface area contributed by atoms with Crippen molar-refractivity contribution >= 4 is 0 Å². The van der Waals surface area contributed by atoms with Gasteiger partial charge in [0, 0.05) is 6.61 Å². The van der Waals surface area contributed by atoms with E-state index < -0.39 is 0 Å². The van der Waals surface area contributed by atoms with Crippen LogP contribution in [0.25, 0.3) is 0 Å². The zero-order valence-electron chi connectivity index (χ0n) is 7.85. The number of nitriles is 1. The monoisotopic (exact) mass is 155 g/mol. The number of ether oxygens (including phenoxy) is 1. The molecule has 0 aliphatic heterocycles. The maximum absolute atomic E-state index is 8.65. The maximum Gasteiger partial charge on any atom is 0.0684 e. The molecule has 2 heteroatoms. The molecule has 0 aliphatic carbocycles. The first-order chi connectivity index (χ1) is 4.98. The molecule has 0 saturated carbocycles. The summed E-state index contributed by atoms with van der Waals surface area (Å²) in [6.07, 6.45) is 1.08. The SMILES string of the molecule is CC(C)OCCC(C)(C)C#N. The summed E-state index contributed by atoms with van der Waals surface area (Å²) < 4.78 is 5.33. The number of hydrogen-bond donors (Lipinski definition) is 0. The summed E-state index contributed by atoms with van der Waals surface area (Å²) in [4.78, 5) is 0. The summed E-state index contributed by atoms with van der Waals surface area (Å²) in [6, 6.07) is 2.24. The summed E-state index contributed by atoms with van der Waals surface area (Å²) in [5.41, 5.74) is -0.241. The third-order valence-corrected chi connectivity index (χ3v) is 1.48. The van der Waals surface area contributed by atoms with Crippen molar-refractivity contribution in [2.75, 3.05) is 6.61 Å². The molecule has 0 aromatic rings. The van der Waals surface area contributed by atoms with Gasteiger partial charge in [-0.15, -0.1) is 0 Å². The molecule has 0 amide bonds. The van der Waals surface area contributed by atoms with Crippen LogP contribution in [-0.2, 0) is 4.74 Å². The number of rotatable bonds is 4. The minimum absolute atomic E-state index is 0.241. The summed E-state index contributed by atoms with van der Waals surface area (Å²) in [6.45, 7) is 8.53. The lowest BCUT2D eigenvalue weighted by Crippen LogP contribution is -2.14. The Morgan fingerprint density at radius 1 is 1.45 bits per heavy atom. The Morgan fingerprint density at radius 2 is 2.00 bits per heavy atom. The van der Waals surface area contributed by atoms with Crippen molar-refractivity contribution in [3.8, 4) is 6.07 Å². The first-order valence-electron chi connectivity index (χ1n) is 4.01. The minimum Gasteiger partial charge on any atom is -0.379 e. The smallest absolute Gasteiger partial charge is 0.0684 e. The fourth-order valence-corrected chi connectivity index (χ4v) is 0.606. The fraction of sp³-hybridized carbons (Fsp3) is 0.889. The van der Waals surface area contributed by atoms with Crippen LogP contribution in [0.1, 0.15) is 34.1 Å². The van der Waals surface area contributed by atoms with Crippen LogP contribution in [0, 0.1) is 16.7 Å². The molecule has 0 heterocycles. The number of nitrogens with zero attached hydrogens (tertiary/aromatic N) is 1. The average molecular weight is 155 g/mol. The van der Waals surface area contributed by atoms with Gasteiger partial charge in [-0.3, -0.25) is 0 Å². The molecular weight excluding hydrogens is 138 g/mol. The van der Waals surface area contributed by atoms with Crippen molar-refractivity contribution in [1.29, 1.82) is 5.26 Å². The highest BCUT2D eigenvalue weighted by atomic mass is 16.5. The molecule has 0 atom stereocenters. The van der Waals surface area contributed by atoms with Gasteiger partial charge >= 0.3 is 0 Å². The second kappa shape index (κ2) is 4.35. The quantitative estimate of drug-likeness (QED) is 0.624. The molecule has 0 fully saturated rings. The van der Waals surface area contributed by atoms with Crippen molar-refractivity contribution in [2.45, 2.75) is 40.2 Å².